The molecule has 4 heteroatoms. The van der Waals surface area contributed by atoms with Crippen LogP contribution in [0.2, 0.25) is 0 Å². The first-order valence-electron chi connectivity index (χ1n) is 6.83. The molecule has 1 aliphatic heterocycles. The number of allylic oxidation sites excluding steroid dienone is 1. The minimum Gasteiger partial charge on any atom is -0.469 e. The molecule has 1 heterocycles. The van der Waals surface area contributed by atoms with Crippen LogP contribution < -0.4 is 0 Å². The van der Waals surface area contributed by atoms with Gasteiger partial charge in [0.2, 0.25) is 0 Å². The second kappa shape index (κ2) is 8.51. The predicted molar refractivity (Wildman–Crippen MR) is 71.9 cm³/mol. The normalized spacial score (nSPS) is 17.1. The van der Waals surface area contributed by atoms with Crippen molar-refractivity contribution in [3.63, 3.8) is 0 Å². The highest BCUT2D eigenvalue weighted by Crippen LogP contribution is 2.20. The fraction of sp³-hybridized carbons (Fsp3) is 0.600. The van der Waals surface area contributed by atoms with E-state index in [4.69, 9.17) is 9.47 Å². The zero-order chi connectivity index (χ0) is 14.1. The number of hydrogen-bond acceptors (Lipinski definition) is 4. The SMILES string of the molecule is CCCCC(C=O)CC(C)C(=O)OC1=COC=CC1. The first-order valence-corrected chi connectivity index (χ1v) is 6.83. The van der Waals surface area contributed by atoms with E-state index >= 15 is 0 Å². The zero-order valence-electron chi connectivity index (χ0n) is 11.6. The molecule has 1 aliphatic rings. The third kappa shape index (κ3) is 5.73. The average Bonchev–Trinajstić information content (AvgIpc) is 2.44. The van der Waals surface area contributed by atoms with Crippen LogP contribution in [0.15, 0.2) is 24.4 Å². The Hall–Kier alpha value is -1.58. The van der Waals surface area contributed by atoms with Crippen molar-refractivity contribution in [2.75, 3.05) is 0 Å². The van der Waals surface area contributed by atoms with Crippen molar-refractivity contribution in [3.05, 3.63) is 24.4 Å². The summed E-state index contributed by atoms with van der Waals surface area (Å²) in [4.78, 5) is 22.8. The second-order valence-corrected chi connectivity index (χ2v) is 4.89. The number of esters is 1. The van der Waals surface area contributed by atoms with Crippen molar-refractivity contribution in [1.29, 1.82) is 0 Å². The molecule has 0 spiro atoms. The average molecular weight is 266 g/mol. The van der Waals surface area contributed by atoms with Gasteiger partial charge in [0.15, 0.2) is 0 Å². The van der Waals surface area contributed by atoms with Gasteiger partial charge in [-0.1, -0.05) is 26.7 Å². The first kappa shape index (κ1) is 15.5. The van der Waals surface area contributed by atoms with Gasteiger partial charge in [0.25, 0.3) is 0 Å². The number of carbonyl (C=O) groups is 2. The Morgan fingerprint density at radius 1 is 1.58 bits per heavy atom. The van der Waals surface area contributed by atoms with Crippen molar-refractivity contribution in [1.82, 2.24) is 0 Å². The topological polar surface area (TPSA) is 52.6 Å². The summed E-state index contributed by atoms with van der Waals surface area (Å²) in [5.41, 5.74) is 0. The lowest BCUT2D eigenvalue weighted by Crippen LogP contribution is -2.19. The lowest BCUT2D eigenvalue weighted by Gasteiger charge is -2.16. The van der Waals surface area contributed by atoms with Crippen LogP contribution >= 0.6 is 0 Å². The van der Waals surface area contributed by atoms with Crippen molar-refractivity contribution in [2.45, 2.75) is 46.0 Å². The third-order valence-corrected chi connectivity index (χ3v) is 3.10. The van der Waals surface area contributed by atoms with E-state index in [9.17, 15) is 9.59 Å². The Bertz CT molecular complexity index is 357. The quantitative estimate of drug-likeness (QED) is 0.499. The summed E-state index contributed by atoms with van der Waals surface area (Å²) in [6.07, 6.45) is 9.72. The van der Waals surface area contributed by atoms with E-state index < -0.39 is 0 Å². The van der Waals surface area contributed by atoms with Crippen LogP contribution in [-0.2, 0) is 19.1 Å². The second-order valence-electron chi connectivity index (χ2n) is 4.89. The summed E-state index contributed by atoms with van der Waals surface area (Å²) >= 11 is 0. The summed E-state index contributed by atoms with van der Waals surface area (Å²) < 4.78 is 10.2. The minimum absolute atomic E-state index is 0.0565. The Morgan fingerprint density at radius 2 is 2.37 bits per heavy atom. The van der Waals surface area contributed by atoms with Gasteiger partial charge in [-0.25, -0.2) is 0 Å². The Kier molecular flexibility index (Phi) is 6.93. The minimum atomic E-state index is -0.298. The maximum absolute atomic E-state index is 11.9. The Morgan fingerprint density at radius 3 is 2.95 bits per heavy atom. The molecular weight excluding hydrogens is 244 g/mol. The van der Waals surface area contributed by atoms with Crippen LogP contribution in [0.25, 0.3) is 0 Å². The molecule has 0 saturated carbocycles. The van der Waals surface area contributed by atoms with Crippen LogP contribution in [-0.4, -0.2) is 12.3 Å². The number of rotatable bonds is 8. The molecule has 19 heavy (non-hydrogen) atoms. The van der Waals surface area contributed by atoms with Gasteiger partial charge in [-0.3, -0.25) is 4.79 Å². The molecular formula is C15H22O4. The van der Waals surface area contributed by atoms with Crippen LogP contribution in [0.5, 0.6) is 0 Å². The fourth-order valence-corrected chi connectivity index (χ4v) is 1.94. The van der Waals surface area contributed by atoms with Gasteiger partial charge in [0.1, 0.15) is 18.3 Å². The monoisotopic (exact) mass is 266 g/mol. The van der Waals surface area contributed by atoms with E-state index in [0.717, 1.165) is 25.5 Å². The maximum Gasteiger partial charge on any atom is 0.313 e. The smallest absolute Gasteiger partial charge is 0.313 e. The van der Waals surface area contributed by atoms with Crippen LogP contribution in [0, 0.1) is 11.8 Å². The van der Waals surface area contributed by atoms with Gasteiger partial charge in [-0.05, 0) is 18.9 Å². The molecule has 1 rings (SSSR count). The summed E-state index contributed by atoms with van der Waals surface area (Å²) in [7, 11) is 0. The molecule has 0 aliphatic carbocycles. The fourth-order valence-electron chi connectivity index (χ4n) is 1.94. The van der Waals surface area contributed by atoms with Gasteiger partial charge in [-0.2, -0.15) is 0 Å². The third-order valence-electron chi connectivity index (χ3n) is 3.10. The largest absolute Gasteiger partial charge is 0.469 e. The Labute approximate surface area is 114 Å². The molecule has 0 bridgehead atoms. The first-order chi connectivity index (χ1) is 9.17. The van der Waals surface area contributed by atoms with Crippen molar-refractivity contribution >= 4 is 12.3 Å². The number of carbonyl (C=O) groups excluding carboxylic acids is 2. The van der Waals surface area contributed by atoms with Crippen molar-refractivity contribution < 1.29 is 19.1 Å². The highest BCUT2D eigenvalue weighted by molar-refractivity contribution is 5.73. The predicted octanol–water partition coefficient (Wildman–Crippen LogP) is 3.34. The summed E-state index contributed by atoms with van der Waals surface area (Å²) in [5, 5.41) is 0. The molecule has 0 aromatic heterocycles. The highest BCUT2D eigenvalue weighted by Gasteiger charge is 2.21. The molecule has 2 unspecified atom stereocenters. The van der Waals surface area contributed by atoms with E-state index in [-0.39, 0.29) is 17.8 Å². The number of unbranched alkanes of at least 4 members (excludes halogenated alkanes) is 1. The molecule has 0 aromatic rings. The molecule has 4 nitrogen and oxygen atoms in total. The Balaban J connectivity index is 2.38. The van der Waals surface area contributed by atoms with E-state index in [0.29, 0.717) is 18.6 Å². The number of aldehydes is 1. The van der Waals surface area contributed by atoms with Crippen LogP contribution in [0.3, 0.4) is 0 Å². The number of hydrogen-bond donors (Lipinski definition) is 0. The van der Waals surface area contributed by atoms with Crippen LogP contribution in [0.1, 0.15) is 46.0 Å². The lowest BCUT2D eigenvalue weighted by molar-refractivity contribution is -0.144. The van der Waals surface area contributed by atoms with Gasteiger partial charge < -0.3 is 14.3 Å². The maximum atomic E-state index is 11.9. The van der Waals surface area contributed by atoms with Gasteiger partial charge in [-0.15, -0.1) is 0 Å². The van der Waals surface area contributed by atoms with E-state index in [1.807, 2.05) is 0 Å². The lowest BCUT2D eigenvalue weighted by atomic mass is 9.92. The van der Waals surface area contributed by atoms with Crippen LogP contribution in [0.4, 0.5) is 0 Å². The van der Waals surface area contributed by atoms with Gasteiger partial charge >= 0.3 is 5.97 Å². The number of ether oxygens (including phenoxy) is 2. The molecule has 0 aromatic carbocycles. The van der Waals surface area contributed by atoms with E-state index in [1.54, 1.807) is 19.3 Å². The molecule has 0 saturated heterocycles. The summed E-state index contributed by atoms with van der Waals surface area (Å²) in [6, 6.07) is 0. The van der Waals surface area contributed by atoms with E-state index in [1.165, 1.54) is 6.26 Å². The molecule has 2 atom stereocenters. The van der Waals surface area contributed by atoms with E-state index in [2.05, 4.69) is 6.92 Å². The standard InChI is InChI=1S/C15H22O4/c1-3-4-6-13(10-16)9-12(2)15(17)19-14-7-5-8-18-11-14/h5,8,10-13H,3-4,6-7,9H2,1-2H3. The summed E-state index contributed by atoms with van der Waals surface area (Å²) in [5.74, 6) is -0.123. The molecule has 0 fully saturated rings. The summed E-state index contributed by atoms with van der Waals surface area (Å²) in [6.45, 7) is 3.88. The van der Waals surface area contributed by atoms with Crippen molar-refractivity contribution in [3.8, 4) is 0 Å². The molecule has 0 N–H and O–H groups in total. The molecule has 106 valence electrons. The zero-order valence-corrected chi connectivity index (χ0v) is 11.6. The van der Waals surface area contributed by atoms with Gasteiger partial charge in [0, 0.05) is 12.3 Å². The van der Waals surface area contributed by atoms with Crippen molar-refractivity contribution in [2.24, 2.45) is 11.8 Å². The highest BCUT2D eigenvalue weighted by atomic mass is 16.6. The van der Waals surface area contributed by atoms with Gasteiger partial charge in [0.05, 0.1) is 12.2 Å². The molecule has 0 radical (unpaired) electrons. The molecule has 0 amide bonds.